The van der Waals surface area contributed by atoms with Crippen molar-refractivity contribution in [2.75, 3.05) is 6.26 Å². The van der Waals surface area contributed by atoms with Gasteiger partial charge in [0, 0.05) is 30.0 Å². The second-order valence-electron chi connectivity index (χ2n) is 14.1. The van der Waals surface area contributed by atoms with Crippen LogP contribution in [0.15, 0.2) is 41.7 Å². The van der Waals surface area contributed by atoms with Crippen molar-refractivity contribution in [1.29, 1.82) is 0 Å². The molecule has 1 aliphatic heterocycles. The van der Waals surface area contributed by atoms with Gasteiger partial charge in [0.2, 0.25) is 15.0 Å². The van der Waals surface area contributed by atoms with Crippen LogP contribution in [0.2, 0.25) is 0 Å². The average molecular weight is 666 g/mol. The molecule has 3 heterocycles. The van der Waals surface area contributed by atoms with E-state index in [9.17, 15) is 17.6 Å². The summed E-state index contributed by atoms with van der Waals surface area (Å²) in [4.78, 5) is 26.5. The van der Waals surface area contributed by atoms with E-state index in [1.54, 1.807) is 18.3 Å². The zero-order valence-corrected chi connectivity index (χ0v) is 29.2. The van der Waals surface area contributed by atoms with Crippen molar-refractivity contribution in [1.82, 2.24) is 15.0 Å². The number of nitrogens with zero attached hydrogens (tertiary/aromatic N) is 3. The first kappa shape index (κ1) is 34.8. The minimum Gasteiger partial charge on any atom is -0.460 e. The fraction of sp³-hybridized carbons (Fsp3) is 0.500. The molecule has 3 aromatic rings. The van der Waals surface area contributed by atoms with Gasteiger partial charge in [-0.25, -0.2) is 22.8 Å². The maximum Gasteiger partial charge on any atom is 0.308 e. The molecule has 1 aromatic carbocycles. The van der Waals surface area contributed by atoms with Crippen LogP contribution in [0, 0.1) is 5.82 Å². The SMILES string of the molecule is CC(C)c1nc2c(c(-c3ccc(F)cc3)c1/C=C/[C@@H]1C[C@H](CC(=O)OC(C)(C)C)OC(C)(C)O1)CCCc1nc(S(C)(=O)=O)ncc1-2. The van der Waals surface area contributed by atoms with Gasteiger partial charge in [0.1, 0.15) is 11.4 Å². The van der Waals surface area contributed by atoms with Gasteiger partial charge in [0.25, 0.3) is 0 Å². The number of hydrogen-bond acceptors (Lipinski definition) is 9. The number of hydrogen-bond donors (Lipinski definition) is 0. The van der Waals surface area contributed by atoms with Crippen molar-refractivity contribution in [3.8, 4) is 22.4 Å². The molecule has 0 spiro atoms. The van der Waals surface area contributed by atoms with Crippen molar-refractivity contribution >= 4 is 21.9 Å². The van der Waals surface area contributed by atoms with Gasteiger partial charge in [-0.2, -0.15) is 0 Å². The highest BCUT2D eigenvalue weighted by molar-refractivity contribution is 7.90. The summed E-state index contributed by atoms with van der Waals surface area (Å²) in [6, 6.07) is 6.43. The van der Waals surface area contributed by atoms with Crippen LogP contribution >= 0.6 is 0 Å². The monoisotopic (exact) mass is 665 g/mol. The van der Waals surface area contributed by atoms with Gasteiger partial charge in [0.15, 0.2) is 5.79 Å². The van der Waals surface area contributed by atoms with E-state index < -0.39 is 27.3 Å². The van der Waals surface area contributed by atoms with Crippen LogP contribution in [-0.4, -0.2) is 59.2 Å². The number of carbonyl (C=O) groups excluding carboxylic acids is 1. The standard InChI is InChI=1S/C36H44FN3O6S/c1-21(2)32-27(17-16-24-18-25(45-36(6,7)44-24)19-30(41)46-35(3,4)5)31(22-12-14-23(37)15-13-22)26-10-9-11-29-28(33(26)40-32)20-38-34(39-29)47(8,42)43/h12-17,20-21,24-25H,9-11,18-19H2,1-8H3/b17-16+/t24-,25-/m1/s1. The van der Waals surface area contributed by atoms with E-state index in [1.165, 1.54) is 12.1 Å². The number of carbonyl (C=O) groups is 1. The Bertz CT molecular complexity index is 1800. The summed E-state index contributed by atoms with van der Waals surface area (Å²) in [5.41, 5.74) is 5.88. The Labute approximate surface area is 276 Å². The molecule has 2 aliphatic rings. The van der Waals surface area contributed by atoms with Crippen molar-refractivity contribution in [2.24, 2.45) is 0 Å². The Hall–Kier alpha value is -3.54. The molecule has 5 rings (SSSR count). The predicted molar refractivity (Wildman–Crippen MR) is 178 cm³/mol. The third-order valence-electron chi connectivity index (χ3n) is 7.99. The van der Waals surface area contributed by atoms with Crippen LogP contribution in [0.4, 0.5) is 4.39 Å². The highest BCUT2D eigenvalue weighted by Crippen LogP contribution is 2.42. The van der Waals surface area contributed by atoms with Crippen LogP contribution < -0.4 is 0 Å². The topological polar surface area (TPSA) is 118 Å². The molecule has 0 unspecified atom stereocenters. The minimum absolute atomic E-state index is 0.00553. The Morgan fingerprint density at radius 2 is 1.83 bits per heavy atom. The minimum atomic E-state index is -3.59. The molecule has 9 nitrogen and oxygen atoms in total. The fourth-order valence-corrected chi connectivity index (χ4v) is 6.76. The second kappa shape index (κ2) is 13.2. The molecule has 0 amide bonds. The number of benzene rings is 1. The number of rotatable bonds is 7. The quantitative estimate of drug-likeness (QED) is 0.194. The molecular weight excluding hydrogens is 621 g/mol. The number of pyridine rings is 1. The normalized spacial score (nSPS) is 19.7. The molecule has 0 N–H and O–H groups in total. The molecule has 0 radical (unpaired) electrons. The predicted octanol–water partition coefficient (Wildman–Crippen LogP) is 7.02. The molecule has 0 bridgehead atoms. The number of ether oxygens (including phenoxy) is 3. The van der Waals surface area contributed by atoms with Crippen LogP contribution in [-0.2, 0) is 41.7 Å². The van der Waals surface area contributed by atoms with E-state index in [2.05, 4.69) is 23.8 Å². The molecule has 0 saturated carbocycles. The summed E-state index contributed by atoms with van der Waals surface area (Å²) in [5.74, 6) is -1.60. The Balaban J connectivity index is 1.62. The summed E-state index contributed by atoms with van der Waals surface area (Å²) in [7, 11) is -3.59. The van der Waals surface area contributed by atoms with Gasteiger partial charge in [-0.05, 0) is 88.6 Å². The van der Waals surface area contributed by atoms with Gasteiger partial charge in [0.05, 0.1) is 35.7 Å². The number of sulfone groups is 1. The summed E-state index contributed by atoms with van der Waals surface area (Å²) < 4.78 is 56.6. The number of esters is 1. The summed E-state index contributed by atoms with van der Waals surface area (Å²) >= 11 is 0. The van der Waals surface area contributed by atoms with Crippen molar-refractivity contribution in [2.45, 2.75) is 115 Å². The zero-order valence-electron chi connectivity index (χ0n) is 28.4. The van der Waals surface area contributed by atoms with E-state index in [1.807, 2.05) is 46.8 Å². The Kier molecular flexibility index (Phi) is 9.74. The van der Waals surface area contributed by atoms with Gasteiger partial charge in [-0.1, -0.05) is 38.1 Å². The molecule has 11 heteroatoms. The van der Waals surface area contributed by atoms with Crippen LogP contribution in [0.25, 0.3) is 28.5 Å². The third kappa shape index (κ3) is 8.31. The first-order valence-corrected chi connectivity index (χ1v) is 17.9. The third-order valence-corrected chi connectivity index (χ3v) is 8.85. The molecule has 2 aromatic heterocycles. The van der Waals surface area contributed by atoms with Gasteiger partial charge >= 0.3 is 5.97 Å². The van der Waals surface area contributed by atoms with Crippen LogP contribution in [0.3, 0.4) is 0 Å². The van der Waals surface area contributed by atoms with Crippen molar-refractivity contribution in [3.63, 3.8) is 0 Å². The van der Waals surface area contributed by atoms with E-state index in [0.29, 0.717) is 42.6 Å². The highest BCUT2D eigenvalue weighted by Gasteiger charge is 2.36. The second-order valence-corrected chi connectivity index (χ2v) is 16.0. The molecule has 252 valence electrons. The van der Waals surface area contributed by atoms with Crippen LogP contribution in [0.5, 0.6) is 0 Å². The first-order chi connectivity index (χ1) is 21.9. The maximum absolute atomic E-state index is 14.2. The lowest BCUT2D eigenvalue weighted by atomic mass is 9.86. The van der Waals surface area contributed by atoms with Gasteiger partial charge in [-0.3, -0.25) is 9.78 Å². The van der Waals surface area contributed by atoms with E-state index in [0.717, 1.165) is 34.2 Å². The van der Waals surface area contributed by atoms with Crippen LogP contribution in [0.1, 0.15) is 96.2 Å². The summed E-state index contributed by atoms with van der Waals surface area (Å²) in [5, 5.41) is -0.202. The molecule has 47 heavy (non-hydrogen) atoms. The summed E-state index contributed by atoms with van der Waals surface area (Å²) in [6.07, 6.45) is 8.39. The molecule has 1 saturated heterocycles. The smallest absolute Gasteiger partial charge is 0.308 e. The highest BCUT2D eigenvalue weighted by atomic mass is 32.2. The fourth-order valence-electron chi connectivity index (χ4n) is 6.24. The average Bonchev–Trinajstić information content (AvgIpc) is 3.12. The van der Waals surface area contributed by atoms with E-state index in [4.69, 9.17) is 19.2 Å². The van der Waals surface area contributed by atoms with E-state index >= 15 is 0 Å². The number of fused-ring (bicyclic) bond motifs is 3. The van der Waals surface area contributed by atoms with Gasteiger partial charge < -0.3 is 14.2 Å². The van der Waals surface area contributed by atoms with E-state index in [-0.39, 0.29) is 35.4 Å². The molecular formula is C36H44FN3O6S. The number of aryl methyl sites for hydroxylation is 1. The zero-order chi connectivity index (χ0) is 34.3. The van der Waals surface area contributed by atoms with Gasteiger partial charge in [-0.15, -0.1) is 0 Å². The number of halogens is 1. The maximum atomic E-state index is 14.2. The Morgan fingerprint density at radius 3 is 2.47 bits per heavy atom. The lowest BCUT2D eigenvalue weighted by Crippen LogP contribution is -2.45. The van der Waals surface area contributed by atoms with Crippen molar-refractivity contribution < 1.29 is 31.8 Å². The molecule has 1 aliphatic carbocycles. The summed E-state index contributed by atoms with van der Waals surface area (Å²) in [6.45, 7) is 13.3. The lowest BCUT2D eigenvalue weighted by molar-refractivity contribution is -0.290. The number of aromatic nitrogens is 3. The lowest BCUT2D eigenvalue weighted by Gasteiger charge is -2.39. The largest absolute Gasteiger partial charge is 0.460 e. The molecule has 1 fully saturated rings. The Morgan fingerprint density at radius 1 is 1.13 bits per heavy atom. The molecule has 2 atom stereocenters. The van der Waals surface area contributed by atoms with Crippen molar-refractivity contribution in [3.05, 3.63) is 64.9 Å². The first-order valence-electron chi connectivity index (χ1n) is 16.0.